The maximum atomic E-state index is 11.8. The third-order valence-electron chi connectivity index (χ3n) is 6.52. The molecule has 0 aromatic heterocycles. The van der Waals surface area contributed by atoms with E-state index in [1.807, 2.05) is 12.2 Å². The first-order chi connectivity index (χ1) is 20.1. The van der Waals surface area contributed by atoms with Crippen molar-refractivity contribution >= 4 is 40.7 Å². The van der Waals surface area contributed by atoms with Crippen molar-refractivity contribution in [1.29, 1.82) is 0 Å². The van der Waals surface area contributed by atoms with Crippen LogP contribution in [-0.4, -0.2) is 75.0 Å². The topological polar surface area (TPSA) is 204 Å². The van der Waals surface area contributed by atoms with Crippen LogP contribution in [0.2, 0.25) is 0 Å². The van der Waals surface area contributed by atoms with Gasteiger partial charge in [-0.3, -0.25) is 4.79 Å². The highest BCUT2D eigenvalue weighted by molar-refractivity contribution is 5.96. The van der Waals surface area contributed by atoms with Gasteiger partial charge in [0.2, 0.25) is 5.91 Å². The molecule has 1 atom stereocenters. The first-order valence-electron chi connectivity index (χ1n) is 13.1. The zero-order valence-electron chi connectivity index (χ0n) is 23.6. The van der Waals surface area contributed by atoms with Crippen molar-refractivity contribution in [2.24, 2.45) is 11.7 Å². The Balaban J connectivity index is 1.58. The van der Waals surface area contributed by atoms with Crippen molar-refractivity contribution in [3.05, 3.63) is 47.5 Å². The predicted octanol–water partition coefficient (Wildman–Crippen LogP) is 2.60. The third-order valence-corrected chi connectivity index (χ3v) is 6.52. The first-order valence-corrected chi connectivity index (χ1v) is 13.1. The Hall–Kier alpha value is -5.25. The van der Waals surface area contributed by atoms with E-state index in [2.05, 4.69) is 22.5 Å². The molecule has 2 amide bonds. The molecule has 0 bridgehead atoms. The van der Waals surface area contributed by atoms with Gasteiger partial charge in [0.05, 0.1) is 31.2 Å². The van der Waals surface area contributed by atoms with Crippen LogP contribution in [0.5, 0.6) is 11.5 Å². The summed E-state index contributed by atoms with van der Waals surface area (Å²) in [6.07, 6.45) is 4.13. The van der Waals surface area contributed by atoms with Gasteiger partial charge in [0.1, 0.15) is 29.5 Å². The molecular weight excluding hydrogens is 544 g/mol. The van der Waals surface area contributed by atoms with Gasteiger partial charge in [-0.05, 0) is 36.6 Å². The largest absolute Gasteiger partial charge is 0.494 e. The van der Waals surface area contributed by atoms with Crippen LogP contribution in [0.15, 0.2) is 36.4 Å². The number of hydrogen-bond acceptors (Lipinski definition) is 10. The number of carbonyl (C=O) groups excluding carboxylic acids is 2. The second-order valence-corrected chi connectivity index (χ2v) is 9.40. The van der Waals surface area contributed by atoms with E-state index in [0.29, 0.717) is 61.2 Å². The number of esters is 1. The van der Waals surface area contributed by atoms with Crippen LogP contribution in [-0.2, 0) is 4.74 Å². The summed E-state index contributed by atoms with van der Waals surface area (Å²) in [7, 11) is 2.76. The number of amides is 2. The number of methoxy groups -OCH3 is 2. The fraction of sp³-hybridized carbons (Fsp3) is 0.345. The molecule has 1 unspecified atom stereocenters. The van der Waals surface area contributed by atoms with Crippen molar-refractivity contribution < 1.29 is 33.7 Å². The Morgan fingerprint density at radius 3 is 2.19 bits per heavy atom. The van der Waals surface area contributed by atoms with Crippen LogP contribution >= 0.6 is 0 Å². The standard InChI is InChI=1S/C29H36N6O7/c1-40-23-16-20(28(37)41-2)14-22(31)25(23)33-9-4-5-10-34-26-21(30)13-19(27(32)36)15-24(26)42-12-6-3-7-18-8-11-35(17-18)29(38)39/h4-5,13-16,18,33-34H,7-12,17,30-31H2,1-2H3,(H2,32,36)(H,38,39)/b5-4+. The lowest BCUT2D eigenvalue weighted by atomic mass is 10.1. The van der Waals surface area contributed by atoms with Crippen molar-refractivity contribution in [2.75, 3.05) is 69.1 Å². The molecule has 0 saturated carbocycles. The molecule has 0 aliphatic carbocycles. The van der Waals surface area contributed by atoms with Crippen molar-refractivity contribution in [1.82, 2.24) is 4.90 Å². The summed E-state index contributed by atoms with van der Waals surface area (Å²) >= 11 is 0. The molecule has 0 spiro atoms. The fourth-order valence-corrected chi connectivity index (χ4v) is 4.35. The molecule has 224 valence electrons. The number of benzene rings is 2. The normalized spacial score (nSPS) is 14.1. The summed E-state index contributed by atoms with van der Waals surface area (Å²) in [6.45, 7) is 1.81. The first kappa shape index (κ1) is 31.3. The van der Waals surface area contributed by atoms with Gasteiger partial charge in [0.15, 0.2) is 0 Å². The lowest BCUT2D eigenvalue weighted by Crippen LogP contribution is -2.26. The fourth-order valence-electron chi connectivity index (χ4n) is 4.35. The number of nitrogens with two attached hydrogens (primary N) is 3. The molecule has 3 rings (SSSR count). The Kier molecular flexibility index (Phi) is 11.1. The van der Waals surface area contributed by atoms with Gasteiger partial charge in [-0.25, -0.2) is 9.59 Å². The number of nitrogens with one attached hydrogen (secondary N) is 2. The smallest absolute Gasteiger partial charge is 0.407 e. The molecule has 1 heterocycles. The molecule has 42 heavy (non-hydrogen) atoms. The zero-order valence-corrected chi connectivity index (χ0v) is 23.6. The van der Waals surface area contributed by atoms with Gasteiger partial charge in [0.25, 0.3) is 0 Å². The van der Waals surface area contributed by atoms with Crippen LogP contribution in [0.3, 0.4) is 0 Å². The maximum Gasteiger partial charge on any atom is 0.407 e. The molecule has 2 aromatic carbocycles. The van der Waals surface area contributed by atoms with Gasteiger partial charge in [-0.15, -0.1) is 0 Å². The van der Waals surface area contributed by atoms with Crippen LogP contribution in [0, 0.1) is 17.8 Å². The number of anilines is 4. The number of primary amides is 1. The monoisotopic (exact) mass is 580 g/mol. The number of hydrogen-bond donors (Lipinski definition) is 6. The van der Waals surface area contributed by atoms with Crippen LogP contribution < -0.4 is 37.3 Å². The molecule has 1 aliphatic heterocycles. The number of ether oxygens (including phenoxy) is 3. The molecule has 2 aromatic rings. The molecule has 1 fully saturated rings. The second-order valence-electron chi connectivity index (χ2n) is 9.40. The van der Waals surface area contributed by atoms with Gasteiger partial charge < -0.3 is 52.1 Å². The number of nitrogen functional groups attached to an aromatic ring is 2. The Labute approximate surface area is 243 Å². The second kappa shape index (κ2) is 14.9. The van der Waals surface area contributed by atoms with E-state index in [1.165, 1.54) is 37.3 Å². The maximum absolute atomic E-state index is 11.8. The minimum atomic E-state index is -0.913. The summed E-state index contributed by atoms with van der Waals surface area (Å²) in [6, 6.07) is 6.02. The van der Waals surface area contributed by atoms with Gasteiger partial charge in [-0.2, -0.15) is 0 Å². The quantitative estimate of drug-likeness (QED) is 0.0931. The molecule has 0 radical (unpaired) electrons. The SMILES string of the molecule is COC(=O)c1cc(N)c(NC/C=C/CNc2c(N)cc(C(N)=O)cc2OCC#CCC2CCN(C(=O)O)C2)c(OC)c1. The van der Waals surface area contributed by atoms with Crippen molar-refractivity contribution in [3.63, 3.8) is 0 Å². The van der Waals surface area contributed by atoms with E-state index in [4.69, 9.17) is 36.5 Å². The van der Waals surface area contributed by atoms with Gasteiger partial charge >= 0.3 is 12.1 Å². The molecule has 9 N–H and O–H groups in total. The summed E-state index contributed by atoms with van der Waals surface area (Å²) in [4.78, 5) is 36.0. The van der Waals surface area contributed by atoms with E-state index in [1.54, 1.807) is 6.07 Å². The number of nitrogens with zero attached hydrogens (tertiary/aromatic N) is 1. The van der Waals surface area contributed by atoms with E-state index >= 15 is 0 Å². The lowest BCUT2D eigenvalue weighted by molar-refractivity contribution is 0.0600. The molecule has 1 saturated heterocycles. The minimum absolute atomic E-state index is 0.0451. The Morgan fingerprint density at radius 2 is 1.62 bits per heavy atom. The third kappa shape index (κ3) is 8.37. The predicted molar refractivity (Wildman–Crippen MR) is 160 cm³/mol. The highest BCUT2D eigenvalue weighted by atomic mass is 16.5. The molecular formula is C29H36N6O7. The lowest BCUT2D eigenvalue weighted by Gasteiger charge is -2.15. The number of rotatable bonds is 12. The van der Waals surface area contributed by atoms with Crippen LogP contribution in [0.25, 0.3) is 0 Å². The van der Waals surface area contributed by atoms with Crippen LogP contribution in [0.4, 0.5) is 27.5 Å². The summed E-state index contributed by atoms with van der Waals surface area (Å²) < 4.78 is 15.9. The van der Waals surface area contributed by atoms with E-state index in [-0.39, 0.29) is 29.3 Å². The van der Waals surface area contributed by atoms with Crippen molar-refractivity contribution in [3.8, 4) is 23.3 Å². The Morgan fingerprint density at radius 1 is 1.00 bits per heavy atom. The van der Waals surface area contributed by atoms with Gasteiger partial charge in [-0.1, -0.05) is 24.0 Å². The highest BCUT2D eigenvalue weighted by Gasteiger charge is 2.25. The summed E-state index contributed by atoms with van der Waals surface area (Å²) in [5.41, 5.74) is 19.8. The summed E-state index contributed by atoms with van der Waals surface area (Å²) in [5.74, 6) is 5.73. The van der Waals surface area contributed by atoms with E-state index < -0.39 is 18.0 Å². The van der Waals surface area contributed by atoms with E-state index in [9.17, 15) is 14.4 Å². The molecule has 1 aliphatic rings. The van der Waals surface area contributed by atoms with Crippen molar-refractivity contribution in [2.45, 2.75) is 12.8 Å². The molecule has 13 heteroatoms. The molecule has 13 nitrogen and oxygen atoms in total. The number of likely N-dealkylation sites (tertiary alicyclic amines) is 1. The van der Waals surface area contributed by atoms with E-state index in [0.717, 1.165) is 6.42 Å². The summed E-state index contributed by atoms with van der Waals surface area (Å²) in [5, 5.41) is 15.4. The average molecular weight is 581 g/mol. The Bertz CT molecular complexity index is 1400. The van der Waals surface area contributed by atoms with Gasteiger partial charge in [0, 0.05) is 38.2 Å². The minimum Gasteiger partial charge on any atom is -0.494 e. The zero-order chi connectivity index (χ0) is 30.6. The van der Waals surface area contributed by atoms with Crippen LogP contribution in [0.1, 0.15) is 33.6 Å². The number of carboxylic acid groups (broad SMARTS) is 1. The number of carbonyl (C=O) groups is 3. The highest BCUT2D eigenvalue weighted by Crippen LogP contribution is 2.33. The average Bonchev–Trinajstić information content (AvgIpc) is 3.44.